The topological polar surface area (TPSA) is 76.4 Å². The minimum Gasteiger partial charge on any atom is -0.459 e. The molecule has 1 N–H and O–H groups in total. The van der Waals surface area contributed by atoms with Crippen LogP contribution in [-0.2, 0) is 9.84 Å². The number of anilines is 1. The van der Waals surface area contributed by atoms with Crippen molar-refractivity contribution in [2.24, 2.45) is 0 Å². The van der Waals surface area contributed by atoms with Crippen LogP contribution in [-0.4, -0.2) is 19.6 Å². The molecular formula is C17H19NO4S. The Hall–Kier alpha value is -2.08. The van der Waals surface area contributed by atoms with Crippen LogP contribution in [0.4, 0.5) is 5.69 Å². The average Bonchev–Trinajstić information content (AvgIpc) is 3.19. The number of amides is 1. The van der Waals surface area contributed by atoms with Crippen molar-refractivity contribution in [3.05, 3.63) is 47.9 Å². The highest BCUT2D eigenvalue weighted by molar-refractivity contribution is 7.92. The summed E-state index contributed by atoms with van der Waals surface area (Å²) in [6.07, 6.45) is 4.79. The largest absolute Gasteiger partial charge is 0.459 e. The summed E-state index contributed by atoms with van der Waals surface area (Å²) in [5, 5.41) is 2.39. The molecule has 0 aliphatic heterocycles. The van der Waals surface area contributed by atoms with E-state index in [9.17, 15) is 13.2 Å². The van der Waals surface area contributed by atoms with Crippen LogP contribution in [0.25, 0.3) is 0 Å². The van der Waals surface area contributed by atoms with Crippen molar-refractivity contribution in [3.8, 4) is 0 Å². The molecule has 0 saturated heterocycles. The first-order chi connectivity index (χ1) is 11.0. The van der Waals surface area contributed by atoms with Gasteiger partial charge in [0.05, 0.1) is 16.4 Å². The molecule has 1 aliphatic rings. The van der Waals surface area contributed by atoms with Gasteiger partial charge in [0.15, 0.2) is 15.6 Å². The lowest BCUT2D eigenvalue weighted by atomic mass is 10.2. The van der Waals surface area contributed by atoms with Gasteiger partial charge in [-0.05, 0) is 44.0 Å². The summed E-state index contributed by atoms with van der Waals surface area (Å²) in [4.78, 5) is 12.4. The van der Waals surface area contributed by atoms with Crippen LogP contribution < -0.4 is 5.32 Å². The van der Waals surface area contributed by atoms with Crippen LogP contribution in [0.1, 0.15) is 41.8 Å². The van der Waals surface area contributed by atoms with E-state index >= 15 is 0 Å². The van der Waals surface area contributed by atoms with E-state index in [4.69, 9.17) is 4.42 Å². The molecule has 1 fully saturated rings. The van der Waals surface area contributed by atoms with Crippen LogP contribution in [0.5, 0.6) is 0 Å². The summed E-state index contributed by atoms with van der Waals surface area (Å²) in [5.41, 5.74) is 1.18. The van der Waals surface area contributed by atoms with Crippen molar-refractivity contribution in [1.29, 1.82) is 0 Å². The fraction of sp³-hybridized carbons (Fsp3) is 0.353. The van der Waals surface area contributed by atoms with Crippen LogP contribution >= 0.6 is 0 Å². The van der Waals surface area contributed by atoms with Crippen LogP contribution in [0.15, 0.2) is 45.9 Å². The lowest BCUT2D eigenvalue weighted by Crippen LogP contribution is -2.18. The summed E-state index contributed by atoms with van der Waals surface area (Å²) in [6.45, 7) is 1.78. The predicted molar refractivity (Wildman–Crippen MR) is 87.3 cm³/mol. The molecule has 6 heteroatoms. The molecule has 0 bridgehead atoms. The molecule has 0 atom stereocenters. The molecule has 0 unspecified atom stereocenters. The van der Waals surface area contributed by atoms with Gasteiger partial charge in [0.2, 0.25) is 0 Å². The van der Waals surface area contributed by atoms with Gasteiger partial charge in [0.25, 0.3) is 5.91 Å². The molecule has 2 aromatic rings. The maximum Gasteiger partial charge on any atom is 0.291 e. The van der Waals surface area contributed by atoms with E-state index in [1.807, 2.05) is 0 Å². The summed E-state index contributed by atoms with van der Waals surface area (Å²) < 4.78 is 30.4. The number of rotatable bonds is 4. The van der Waals surface area contributed by atoms with Crippen molar-refractivity contribution in [2.75, 3.05) is 5.32 Å². The summed E-state index contributed by atoms with van der Waals surface area (Å²) in [7, 11) is -3.33. The highest BCUT2D eigenvalue weighted by Gasteiger charge is 2.30. The van der Waals surface area contributed by atoms with E-state index in [1.165, 1.54) is 12.3 Å². The molecule has 23 heavy (non-hydrogen) atoms. The van der Waals surface area contributed by atoms with Gasteiger partial charge in [-0.15, -0.1) is 0 Å². The Morgan fingerprint density at radius 2 is 1.96 bits per heavy atom. The van der Waals surface area contributed by atoms with Crippen molar-refractivity contribution >= 4 is 21.4 Å². The predicted octanol–water partition coefficient (Wildman–Crippen LogP) is 3.56. The third-order valence-corrected chi connectivity index (χ3v) is 6.49. The molecule has 1 heterocycles. The van der Waals surface area contributed by atoms with Crippen molar-refractivity contribution in [3.63, 3.8) is 0 Å². The second-order valence-corrected chi connectivity index (χ2v) is 8.09. The number of hydrogen-bond acceptors (Lipinski definition) is 4. The van der Waals surface area contributed by atoms with Gasteiger partial charge in [-0.25, -0.2) is 8.42 Å². The van der Waals surface area contributed by atoms with E-state index in [0.29, 0.717) is 18.5 Å². The maximum absolute atomic E-state index is 12.6. The number of nitrogens with one attached hydrogen (secondary N) is 1. The lowest BCUT2D eigenvalue weighted by molar-refractivity contribution is 0.0996. The second kappa shape index (κ2) is 6.20. The quantitative estimate of drug-likeness (QED) is 0.928. The number of sulfone groups is 1. The number of benzene rings is 1. The highest BCUT2D eigenvalue weighted by atomic mass is 32.2. The lowest BCUT2D eigenvalue weighted by Gasteiger charge is -2.12. The Bertz CT molecular complexity index is 817. The number of aryl methyl sites for hydroxylation is 1. The van der Waals surface area contributed by atoms with Gasteiger partial charge in [0, 0.05) is 11.3 Å². The number of furan rings is 1. The zero-order valence-corrected chi connectivity index (χ0v) is 13.7. The van der Waals surface area contributed by atoms with Gasteiger partial charge in [0.1, 0.15) is 0 Å². The van der Waals surface area contributed by atoms with Gasteiger partial charge in [-0.2, -0.15) is 0 Å². The molecule has 1 amide bonds. The molecule has 5 nitrogen and oxygen atoms in total. The first kappa shape index (κ1) is 15.8. The normalized spacial score (nSPS) is 15.7. The van der Waals surface area contributed by atoms with E-state index in [-0.39, 0.29) is 21.8 Å². The highest BCUT2D eigenvalue weighted by Crippen LogP contribution is 2.30. The zero-order chi connectivity index (χ0) is 16.4. The number of carbonyl (C=O) groups excluding carboxylic acids is 1. The minimum atomic E-state index is -3.33. The number of carbonyl (C=O) groups is 1. The molecule has 1 aliphatic carbocycles. The Kier molecular flexibility index (Phi) is 4.26. The summed E-state index contributed by atoms with van der Waals surface area (Å²) in [5.74, 6) is -0.156. The number of hydrogen-bond donors (Lipinski definition) is 1. The molecule has 0 spiro atoms. The van der Waals surface area contributed by atoms with E-state index in [0.717, 1.165) is 18.4 Å². The molecule has 1 aromatic heterocycles. The maximum atomic E-state index is 12.6. The van der Waals surface area contributed by atoms with Gasteiger partial charge >= 0.3 is 0 Å². The summed E-state index contributed by atoms with van der Waals surface area (Å²) in [6, 6.07) is 8.12. The van der Waals surface area contributed by atoms with Crippen molar-refractivity contribution in [1.82, 2.24) is 0 Å². The molecule has 3 rings (SSSR count). The van der Waals surface area contributed by atoms with Crippen molar-refractivity contribution < 1.29 is 17.6 Å². The van der Waals surface area contributed by atoms with Gasteiger partial charge in [-0.3, -0.25) is 4.79 Å². The minimum absolute atomic E-state index is 0.231. The summed E-state index contributed by atoms with van der Waals surface area (Å²) >= 11 is 0. The second-order valence-electron chi connectivity index (χ2n) is 5.87. The molecule has 1 aromatic carbocycles. The molecule has 0 radical (unpaired) electrons. The third kappa shape index (κ3) is 3.17. The van der Waals surface area contributed by atoms with Gasteiger partial charge < -0.3 is 9.73 Å². The fourth-order valence-electron chi connectivity index (χ4n) is 2.94. The first-order valence-corrected chi connectivity index (χ1v) is 9.22. The molecular weight excluding hydrogens is 314 g/mol. The molecule has 122 valence electrons. The van der Waals surface area contributed by atoms with E-state index in [1.54, 1.807) is 31.2 Å². The van der Waals surface area contributed by atoms with Crippen LogP contribution in [0.3, 0.4) is 0 Å². The van der Waals surface area contributed by atoms with E-state index in [2.05, 4.69) is 5.32 Å². The zero-order valence-electron chi connectivity index (χ0n) is 12.9. The third-order valence-electron chi connectivity index (χ3n) is 4.23. The molecule has 1 saturated carbocycles. The standard InChI is InChI=1S/C17H19NO4S/c1-12-9-10-22-16(12)17(19)18-13-5-4-8-15(11-13)23(20,21)14-6-2-3-7-14/h4-5,8-11,14H,2-3,6-7H2,1H3,(H,18,19). The Morgan fingerprint density at radius 3 is 2.61 bits per heavy atom. The Morgan fingerprint density at radius 1 is 1.22 bits per heavy atom. The SMILES string of the molecule is Cc1ccoc1C(=O)Nc1cccc(S(=O)(=O)C2CCCC2)c1. The average molecular weight is 333 g/mol. The monoisotopic (exact) mass is 333 g/mol. The van der Waals surface area contributed by atoms with Crippen LogP contribution in [0.2, 0.25) is 0 Å². The van der Waals surface area contributed by atoms with Crippen LogP contribution in [0, 0.1) is 6.92 Å². The van der Waals surface area contributed by atoms with Crippen molar-refractivity contribution in [2.45, 2.75) is 42.8 Å². The van der Waals surface area contributed by atoms with E-state index < -0.39 is 9.84 Å². The Labute approximate surface area is 135 Å². The smallest absolute Gasteiger partial charge is 0.291 e. The Balaban J connectivity index is 1.83. The van der Waals surface area contributed by atoms with Gasteiger partial charge in [-0.1, -0.05) is 18.9 Å². The fourth-order valence-corrected chi connectivity index (χ4v) is 4.83. The first-order valence-electron chi connectivity index (χ1n) is 7.68.